The minimum atomic E-state index is -0.966. The lowest BCUT2D eigenvalue weighted by atomic mass is 10.2. The molecule has 23 heavy (non-hydrogen) atoms. The van der Waals surface area contributed by atoms with E-state index in [1.807, 2.05) is 0 Å². The molecule has 1 aromatic rings. The SMILES string of the molecule is COCCNC(=O)c1ccc(NC(=O)C2CC2C(=O)O)cc1Cl. The number of carboxylic acid groups (broad SMARTS) is 1. The highest BCUT2D eigenvalue weighted by molar-refractivity contribution is 6.34. The minimum Gasteiger partial charge on any atom is -0.481 e. The highest BCUT2D eigenvalue weighted by Gasteiger charge is 2.48. The number of halogens is 1. The average molecular weight is 341 g/mol. The van der Waals surface area contributed by atoms with E-state index >= 15 is 0 Å². The summed E-state index contributed by atoms with van der Waals surface area (Å²) in [6, 6.07) is 4.51. The third kappa shape index (κ3) is 4.43. The van der Waals surface area contributed by atoms with Crippen molar-refractivity contribution in [2.45, 2.75) is 6.42 Å². The maximum atomic E-state index is 11.9. The number of methoxy groups -OCH3 is 1. The molecule has 1 aliphatic carbocycles. The maximum absolute atomic E-state index is 11.9. The van der Waals surface area contributed by atoms with E-state index in [0.29, 0.717) is 25.3 Å². The molecule has 2 atom stereocenters. The van der Waals surface area contributed by atoms with Crippen molar-refractivity contribution in [3.63, 3.8) is 0 Å². The van der Waals surface area contributed by atoms with E-state index in [1.165, 1.54) is 19.2 Å². The Labute approximate surface area is 138 Å². The van der Waals surface area contributed by atoms with Gasteiger partial charge >= 0.3 is 5.97 Å². The first kappa shape index (κ1) is 17.2. The molecule has 0 aromatic heterocycles. The maximum Gasteiger partial charge on any atom is 0.307 e. The molecule has 124 valence electrons. The lowest BCUT2D eigenvalue weighted by molar-refractivity contribution is -0.139. The first-order valence-corrected chi connectivity index (χ1v) is 7.42. The van der Waals surface area contributed by atoms with Crippen molar-refractivity contribution in [3.8, 4) is 0 Å². The first-order valence-electron chi connectivity index (χ1n) is 7.04. The summed E-state index contributed by atoms with van der Waals surface area (Å²) in [6.45, 7) is 0.756. The van der Waals surface area contributed by atoms with Gasteiger partial charge in [-0.05, 0) is 24.6 Å². The Kier molecular flexibility index (Phi) is 5.57. The quantitative estimate of drug-likeness (QED) is 0.650. The van der Waals surface area contributed by atoms with Crippen molar-refractivity contribution in [2.75, 3.05) is 25.6 Å². The fourth-order valence-corrected chi connectivity index (χ4v) is 2.40. The third-order valence-electron chi connectivity index (χ3n) is 3.52. The molecule has 0 saturated heterocycles. The van der Waals surface area contributed by atoms with Gasteiger partial charge < -0.3 is 20.5 Å². The van der Waals surface area contributed by atoms with Gasteiger partial charge in [-0.2, -0.15) is 0 Å². The fraction of sp³-hybridized carbons (Fsp3) is 0.400. The minimum absolute atomic E-state index is 0.197. The zero-order valence-electron chi connectivity index (χ0n) is 12.5. The van der Waals surface area contributed by atoms with Gasteiger partial charge in [-0.1, -0.05) is 11.6 Å². The van der Waals surface area contributed by atoms with Gasteiger partial charge in [-0.15, -0.1) is 0 Å². The first-order chi connectivity index (χ1) is 10.9. The number of aliphatic carboxylic acids is 1. The summed E-state index contributed by atoms with van der Waals surface area (Å²) < 4.78 is 4.84. The summed E-state index contributed by atoms with van der Waals surface area (Å²) in [6.07, 6.45) is 0.342. The molecular formula is C15H17ClN2O5. The molecule has 3 N–H and O–H groups in total. The van der Waals surface area contributed by atoms with Crippen LogP contribution in [0.4, 0.5) is 5.69 Å². The molecule has 2 unspecified atom stereocenters. The van der Waals surface area contributed by atoms with Gasteiger partial charge in [0.15, 0.2) is 0 Å². The number of hydrogen-bond donors (Lipinski definition) is 3. The lowest BCUT2D eigenvalue weighted by Gasteiger charge is -2.09. The number of nitrogens with one attached hydrogen (secondary N) is 2. The van der Waals surface area contributed by atoms with E-state index in [2.05, 4.69) is 10.6 Å². The zero-order valence-corrected chi connectivity index (χ0v) is 13.2. The average Bonchev–Trinajstić information content (AvgIpc) is 3.28. The number of anilines is 1. The number of rotatable bonds is 7. The van der Waals surface area contributed by atoms with Crippen LogP contribution in [0.2, 0.25) is 5.02 Å². The zero-order chi connectivity index (χ0) is 17.0. The Morgan fingerprint density at radius 3 is 2.65 bits per heavy atom. The molecule has 0 heterocycles. The van der Waals surface area contributed by atoms with Crippen LogP contribution in [0.5, 0.6) is 0 Å². The monoisotopic (exact) mass is 340 g/mol. The molecule has 0 bridgehead atoms. The molecule has 1 fully saturated rings. The summed E-state index contributed by atoms with van der Waals surface area (Å²) >= 11 is 6.06. The normalized spacial score (nSPS) is 19.0. The summed E-state index contributed by atoms with van der Waals surface area (Å²) in [7, 11) is 1.53. The highest BCUT2D eigenvalue weighted by Crippen LogP contribution is 2.39. The molecule has 0 radical (unpaired) electrons. The van der Waals surface area contributed by atoms with Crippen molar-refractivity contribution < 1.29 is 24.2 Å². The van der Waals surface area contributed by atoms with Gasteiger partial charge in [0.25, 0.3) is 5.91 Å². The van der Waals surface area contributed by atoms with Gasteiger partial charge in [-0.25, -0.2) is 0 Å². The van der Waals surface area contributed by atoms with Crippen LogP contribution in [0.15, 0.2) is 18.2 Å². The Balaban J connectivity index is 1.95. The van der Waals surface area contributed by atoms with E-state index in [4.69, 9.17) is 21.4 Å². The lowest BCUT2D eigenvalue weighted by Crippen LogP contribution is -2.27. The van der Waals surface area contributed by atoms with Gasteiger partial charge in [0.1, 0.15) is 0 Å². The van der Waals surface area contributed by atoms with Crippen LogP contribution in [-0.2, 0) is 14.3 Å². The molecular weight excluding hydrogens is 324 g/mol. The van der Waals surface area contributed by atoms with Gasteiger partial charge in [0, 0.05) is 19.3 Å². The van der Waals surface area contributed by atoms with Crippen molar-refractivity contribution in [3.05, 3.63) is 28.8 Å². The van der Waals surface area contributed by atoms with Crippen LogP contribution in [-0.4, -0.2) is 43.2 Å². The van der Waals surface area contributed by atoms with E-state index in [0.717, 1.165) is 0 Å². The number of amides is 2. The van der Waals surface area contributed by atoms with Gasteiger partial charge in [0.2, 0.25) is 5.91 Å². The van der Waals surface area contributed by atoms with E-state index in [9.17, 15) is 14.4 Å². The standard InChI is InChI=1S/C15H17ClN2O5/c1-23-5-4-17-13(19)9-3-2-8(6-12(9)16)18-14(20)10-7-11(10)15(21)22/h2-3,6,10-11H,4-5,7H2,1H3,(H,17,19)(H,18,20)(H,21,22). The Hall–Kier alpha value is -2.12. The molecule has 2 amide bonds. The van der Waals surface area contributed by atoms with Crippen LogP contribution in [0.3, 0.4) is 0 Å². The Morgan fingerprint density at radius 1 is 1.35 bits per heavy atom. The number of carbonyl (C=O) groups excluding carboxylic acids is 2. The summed E-state index contributed by atoms with van der Waals surface area (Å²) in [5, 5.41) is 14.3. The van der Waals surface area contributed by atoms with Crippen LogP contribution in [0.25, 0.3) is 0 Å². The largest absolute Gasteiger partial charge is 0.481 e. The van der Waals surface area contributed by atoms with E-state index in [1.54, 1.807) is 6.07 Å². The van der Waals surface area contributed by atoms with E-state index in [-0.39, 0.29) is 22.4 Å². The Morgan fingerprint density at radius 2 is 2.09 bits per heavy atom. The number of benzene rings is 1. The second-order valence-corrected chi connectivity index (χ2v) is 5.63. The molecule has 1 aromatic carbocycles. The molecule has 1 saturated carbocycles. The third-order valence-corrected chi connectivity index (χ3v) is 3.83. The molecule has 0 aliphatic heterocycles. The second-order valence-electron chi connectivity index (χ2n) is 5.22. The predicted octanol–water partition coefficient (Wildman–Crippen LogP) is 1.38. The summed E-state index contributed by atoms with van der Waals surface area (Å²) in [5.41, 5.74) is 0.708. The van der Waals surface area contributed by atoms with Gasteiger partial charge in [0.05, 0.1) is 29.0 Å². The van der Waals surface area contributed by atoms with E-state index < -0.39 is 17.8 Å². The van der Waals surface area contributed by atoms with Crippen molar-refractivity contribution in [2.24, 2.45) is 11.8 Å². The predicted molar refractivity (Wildman–Crippen MR) is 83.5 cm³/mol. The molecule has 0 spiro atoms. The van der Waals surface area contributed by atoms with Crippen molar-refractivity contribution >= 4 is 35.1 Å². The number of ether oxygens (including phenoxy) is 1. The van der Waals surface area contributed by atoms with Gasteiger partial charge in [-0.3, -0.25) is 14.4 Å². The topological polar surface area (TPSA) is 105 Å². The molecule has 7 nitrogen and oxygen atoms in total. The van der Waals surface area contributed by atoms with Crippen molar-refractivity contribution in [1.29, 1.82) is 0 Å². The smallest absolute Gasteiger partial charge is 0.307 e. The fourth-order valence-electron chi connectivity index (χ4n) is 2.13. The summed E-state index contributed by atoms with van der Waals surface area (Å²) in [5.74, 6) is -2.78. The second kappa shape index (κ2) is 7.43. The number of carbonyl (C=O) groups is 3. The van der Waals surface area contributed by atoms with Crippen molar-refractivity contribution in [1.82, 2.24) is 5.32 Å². The molecule has 1 aliphatic rings. The number of hydrogen-bond acceptors (Lipinski definition) is 4. The summed E-state index contributed by atoms with van der Waals surface area (Å²) in [4.78, 5) is 34.5. The van der Waals surface area contributed by atoms with Crippen LogP contribution in [0.1, 0.15) is 16.8 Å². The van der Waals surface area contributed by atoms with Crippen LogP contribution in [0, 0.1) is 11.8 Å². The molecule has 8 heteroatoms. The highest BCUT2D eigenvalue weighted by atomic mass is 35.5. The van der Waals surface area contributed by atoms with Crippen LogP contribution < -0.4 is 10.6 Å². The Bertz CT molecular complexity index is 634. The number of carboxylic acids is 1. The van der Waals surface area contributed by atoms with Crippen LogP contribution >= 0.6 is 11.6 Å². The molecule has 2 rings (SSSR count).